The van der Waals surface area contributed by atoms with E-state index in [1.54, 1.807) is 56.0 Å². The predicted molar refractivity (Wildman–Crippen MR) is 157 cm³/mol. The van der Waals surface area contributed by atoms with Gasteiger partial charge in [0.05, 0.1) is 18.2 Å². The summed E-state index contributed by atoms with van der Waals surface area (Å²) >= 11 is 0. The van der Waals surface area contributed by atoms with Crippen LogP contribution in [0.1, 0.15) is 56.9 Å². The van der Waals surface area contributed by atoms with Crippen LogP contribution in [0.4, 0.5) is 10.2 Å². The van der Waals surface area contributed by atoms with Crippen molar-refractivity contribution < 1.29 is 23.5 Å². The van der Waals surface area contributed by atoms with Crippen LogP contribution in [-0.4, -0.2) is 78.0 Å². The molecular weight excluding hydrogens is 539 g/mol. The molecular formula is C31H39FN6O4. The van der Waals surface area contributed by atoms with E-state index >= 15 is 0 Å². The van der Waals surface area contributed by atoms with Crippen molar-refractivity contribution in [1.82, 2.24) is 25.3 Å². The number of hydrogen-bond acceptors (Lipinski definition) is 7. The third-order valence-electron chi connectivity index (χ3n) is 7.75. The van der Waals surface area contributed by atoms with Gasteiger partial charge >= 0.3 is 0 Å². The minimum Gasteiger partial charge on any atom is -0.484 e. The molecule has 3 atom stereocenters. The molecule has 3 heterocycles. The second kappa shape index (κ2) is 13.0. The Hall–Kier alpha value is -3.80. The van der Waals surface area contributed by atoms with E-state index in [1.165, 1.54) is 6.07 Å². The van der Waals surface area contributed by atoms with Gasteiger partial charge in [-0.3, -0.25) is 19.2 Å². The molecule has 0 unspecified atom stereocenters. The number of carbonyl (C=O) groups is 2. The number of carbonyl (C=O) groups excluding carboxylic acids is 2. The molecule has 0 spiro atoms. The van der Waals surface area contributed by atoms with Crippen molar-refractivity contribution >= 4 is 17.6 Å². The fraction of sp³-hybridized carbons (Fsp3) is 0.452. The number of aromatic nitrogens is 2. The lowest BCUT2D eigenvalue weighted by Crippen LogP contribution is -2.50. The van der Waals surface area contributed by atoms with Crippen LogP contribution in [0.2, 0.25) is 0 Å². The van der Waals surface area contributed by atoms with Gasteiger partial charge in [-0.15, -0.1) is 0 Å². The van der Waals surface area contributed by atoms with E-state index < -0.39 is 6.10 Å². The van der Waals surface area contributed by atoms with Gasteiger partial charge in [-0.25, -0.2) is 4.39 Å². The molecule has 2 aromatic carbocycles. The van der Waals surface area contributed by atoms with Crippen LogP contribution in [0, 0.1) is 19.7 Å². The molecule has 2 saturated heterocycles. The van der Waals surface area contributed by atoms with E-state index in [2.05, 4.69) is 32.9 Å². The van der Waals surface area contributed by atoms with Gasteiger partial charge in [-0.05, 0) is 62.1 Å². The van der Waals surface area contributed by atoms with E-state index in [9.17, 15) is 14.0 Å². The van der Waals surface area contributed by atoms with E-state index in [4.69, 9.17) is 9.47 Å². The Kier molecular flexibility index (Phi) is 9.20. The highest BCUT2D eigenvalue weighted by molar-refractivity contribution is 6.07. The van der Waals surface area contributed by atoms with Crippen molar-refractivity contribution in [1.29, 1.82) is 0 Å². The van der Waals surface area contributed by atoms with Crippen LogP contribution < -0.4 is 20.7 Å². The monoisotopic (exact) mass is 578 g/mol. The minimum atomic E-state index is -0.556. The summed E-state index contributed by atoms with van der Waals surface area (Å²) in [6, 6.07) is 10.3. The highest BCUT2D eigenvalue weighted by Gasteiger charge is 2.27. The van der Waals surface area contributed by atoms with Crippen molar-refractivity contribution in [3.63, 3.8) is 0 Å². The minimum absolute atomic E-state index is 0.137. The molecule has 0 radical (unpaired) electrons. The zero-order valence-electron chi connectivity index (χ0n) is 24.6. The van der Waals surface area contributed by atoms with Gasteiger partial charge in [0.25, 0.3) is 11.8 Å². The Bertz CT molecular complexity index is 1440. The molecule has 42 heavy (non-hydrogen) atoms. The lowest BCUT2D eigenvalue weighted by atomic mass is 10.0. The Morgan fingerprint density at radius 3 is 2.69 bits per heavy atom. The second-order valence-electron chi connectivity index (χ2n) is 11.3. The van der Waals surface area contributed by atoms with E-state index in [-0.39, 0.29) is 29.2 Å². The van der Waals surface area contributed by atoms with Crippen LogP contribution in [0.25, 0.3) is 0 Å². The molecule has 2 aliphatic rings. The van der Waals surface area contributed by atoms with Gasteiger partial charge in [-0.1, -0.05) is 12.1 Å². The highest BCUT2D eigenvalue weighted by atomic mass is 19.1. The largest absolute Gasteiger partial charge is 0.484 e. The second-order valence-corrected chi connectivity index (χ2v) is 11.3. The molecule has 11 heteroatoms. The number of amides is 2. The average Bonchev–Trinajstić information content (AvgIpc) is 3.61. The Morgan fingerprint density at radius 1 is 1.17 bits per heavy atom. The quantitative estimate of drug-likeness (QED) is 0.357. The molecule has 0 bridgehead atoms. The summed E-state index contributed by atoms with van der Waals surface area (Å²) < 4.78 is 28.4. The maximum atomic E-state index is 14.7. The van der Waals surface area contributed by atoms with Gasteiger partial charge in [0.2, 0.25) is 0 Å². The molecule has 2 amide bonds. The lowest BCUT2D eigenvalue weighted by Gasteiger charge is -2.34. The van der Waals surface area contributed by atoms with Crippen molar-refractivity contribution in [3.05, 3.63) is 76.2 Å². The zero-order chi connectivity index (χ0) is 29.8. The first kappa shape index (κ1) is 29.7. The van der Waals surface area contributed by atoms with Gasteiger partial charge in [-0.2, -0.15) is 5.10 Å². The molecule has 5 rings (SSSR count). The van der Waals surface area contributed by atoms with Crippen molar-refractivity contribution in [3.8, 4) is 5.75 Å². The SMILES string of the molecule is Cc1ccc([C@@H](CN2CCN[C@H](C)C2)Oc2cc(C)c(C(=O)Nc3ccn(C)n3)cc2C(=O)N[C@H]2CCOC2)cc1F. The zero-order valence-corrected chi connectivity index (χ0v) is 24.6. The number of anilines is 1. The summed E-state index contributed by atoms with van der Waals surface area (Å²) in [5.41, 5.74) is 2.41. The number of ether oxygens (including phenoxy) is 2. The molecule has 3 aromatic rings. The molecule has 3 N–H and O–H groups in total. The van der Waals surface area contributed by atoms with Crippen molar-refractivity contribution in [2.24, 2.45) is 7.05 Å². The Morgan fingerprint density at radius 2 is 2.00 bits per heavy atom. The predicted octanol–water partition coefficient (Wildman–Crippen LogP) is 3.36. The number of hydrogen-bond donors (Lipinski definition) is 3. The third-order valence-corrected chi connectivity index (χ3v) is 7.75. The fourth-order valence-corrected chi connectivity index (χ4v) is 5.36. The summed E-state index contributed by atoms with van der Waals surface area (Å²) in [7, 11) is 1.76. The van der Waals surface area contributed by atoms with Crippen molar-refractivity contribution in [2.45, 2.75) is 45.4 Å². The number of nitrogens with zero attached hydrogens (tertiary/aromatic N) is 3. The van der Waals surface area contributed by atoms with E-state index in [0.717, 1.165) is 19.6 Å². The molecule has 224 valence electrons. The maximum Gasteiger partial charge on any atom is 0.257 e. The highest BCUT2D eigenvalue weighted by Crippen LogP contribution is 2.31. The van der Waals surface area contributed by atoms with Crippen LogP contribution in [0.3, 0.4) is 0 Å². The first-order chi connectivity index (χ1) is 20.2. The van der Waals surface area contributed by atoms with Gasteiger partial charge < -0.3 is 25.4 Å². The van der Waals surface area contributed by atoms with Crippen LogP contribution in [0.5, 0.6) is 5.75 Å². The van der Waals surface area contributed by atoms with Crippen molar-refractivity contribution in [2.75, 3.05) is 44.7 Å². The molecule has 2 fully saturated rings. The van der Waals surface area contributed by atoms with Gasteiger partial charge in [0, 0.05) is 63.7 Å². The number of benzene rings is 2. The summed E-state index contributed by atoms with van der Waals surface area (Å²) in [5, 5.41) is 13.5. The van der Waals surface area contributed by atoms with Crippen LogP contribution >= 0.6 is 0 Å². The molecule has 1 aromatic heterocycles. The van der Waals surface area contributed by atoms with Gasteiger partial charge in [0.15, 0.2) is 5.82 Å². The topological polar surface area (TPSA) is 110 Å². The summed E-state index contributed by atoms with van der Waals surface area (Å²) in [6.45, 7) is 9.62. The molecule has 10 nitrogen and oxygen atoms in total. The number of halogens is 1. The Labute approximate surface area is 245 Å². The van der Waals surface area contributed by atoms with Crippen LogP contribution in [0.15, 0.2) is 42.6 Å². The fourth-order valence-electron chi connectivity index (χ4n) is 5.36. The normalized spacial score (nSPS) is 19.8. The number of nitrogens with one attached hydrogen (secondary N) is 3. The Balaban J connectivity index is 1.49. The molecule has 2 aliphatic heterocycles. The van der Waals surface area contributed by atoms with Crippen LogP contribution in [-0.2, 0) is 11.8 Å². The summed E-state index contributed by atoms with van der Waals surface area (Å²) in [5.74, 6) is -0.331. The number of rotatable bonds is 9. The summed E-state index contributed by atoms with van der Waals surface area (Å²) in [6.07, 6.45) is 1.88. The number of piperazine rings is 1. The third kappa shape index (κ3) is 7.15. The first-order valence-corrected chi connectivity index (χ1v) is 14.4. The average molecular weight is 579 g/mol. The molecule has 0 saturated carbocycles. The van der Waals surface area contributed by atoms with E-state index in [0.29, 0.717) is 66.0 Å². The first-order valence-electron chi connectivity index (χ1n) is 14.4. The maximum absolute atomic E-state index is 14.7. The number of aryl methyl sites for hydroxylation is 3. The van der Waals surface area contributed by atoms with Gasteiger partial charge in [0.1, 0.15) is 17.7 Å². The summed E-state index contributed by atoms with van der Waals surface area (Å²) in [4.78, 5) is 29.2. The smallest absolute Gasteiger partial charge is 0.257 e. The van der Waals surface area contributed by atoms with E-state index in [1.807, 2.05) is 6.07 Å². The standard InChI is InChI=1S/C31H39FN6O4/c1-19-5-6-22(14-26(19)32)28(17-38-11-9-33-21(3)16-38)42-27-13-20(2)24(30(39)35-29-7-10-37(4)36-29)15-25(27)31(40)34-23-8-12-41-18-23/h5-7,10,13-15,21,23,28,33H,8-9,11-12,16-18H2,1-4H3,(H,34,40)(H,35,36,39)/t21-,23+,28-/m1/s1. The molecule has 0 aliphatic carbocycles. The lowest BCUT2D eigenvalue weighted by molar-refractivity contribution is 0.0908.